The third kappa shape index (κ3) is 4.76. The van der Waals surface area contributed by atoms with Crippen LogP contribution in [-0.4, -0.2) is 40.5 Å². The molecule has 2 heterocycles. The van der Waals surface area contributed by atoms with Crippen molar-refractivity contribution in [2.24, 2.45) is 0 Å². The van der Waals surface area contributed by atoms with Gasteiger partial charge < -0.3 is 10.6 Å². The fourth-order valence-corrected chi connectivity index (χ4v) is 2.30. The van der Waals surface area contributed by atoms with E-state index < -0.39 is 0 Å². The van der Waals surface area contributed by atoms with Crippen LogP contribution >= 0.6 is 12.4 Å². The van der Waals surface area contributed by atoms with Crippen LogP contribution in [-0.2, 0) is 0 Å². The van der Waals surface area contributed by atoms with Crippen LogP contribution in [0.15, 0.2) is 6.20 Å². The molecule has 1 fully saturated rings. The zero-order chi connectivity index (χ0) is 13.5. The Morgan fingerprint density at radius 3 is 2.90 bits per heavy atom. The van der Waals surface area contributed by atoms with Crippen molar-refractivity contribution in [2.45, 2.75) is 45.1 Å². The third-order valence-corrected chi connectivity index (χ3v) is 3.49. The summed E-state index contributed by atoms with van der Waals surface area (Å²) >= 11 is 0. The second-order valence-corrected chi connectivity index (χ2v) is 5.03. The predicted octanol–water partition coefficient (Wildman–Crippen LogP) is 1.54. The minimum atomic E-state index is -0.115. The van der Waals surface area contributed by atoms with Crippen molar-refractivity contribution in [3.05, 3.63) is 11.9 Å². The minimum absolute atomic E-state index is 0. The van der Waals surface area contributed by atoms with Gasteiger partial charge in [0, 0.05) is 6.54 Å². The maximum atomic E-state index is 11.9. The Balaban J connectivity index is 0.00000200. The number of rotatable bonds is 6. The molecular weight excluding hydrogens is 278 g/mol. The summed E-state index contributed by atoms with van der Waals surface area (Å²) in [6.07, 6.45) is 7.17. The number of hydrogen-bond acceptors (Lipinski definition) is 4. The van der Waals surface area contributed by atoms with Gasteiger partial charge in [-0.2, -0.15) is 0 Å². The normalized spacial score (nSPS) is 15.7. The molecule has 1 saturated heterocycles. The Morgan fingerprint density at radius 1 is 1.45 bits per heavy atom. The van der Waals surface area contributed by atoms with Gasteiger partial charge in [-0.05, 0) is 32.4 Å². The van der Waals surface area contributed by atoms with Gasteiger partial charge in [0.05, 0.1) is 12.2 Å². The van der Waals surface area contributed by atoms with Gasteiger partial charge in [0.15, 0.2) is 5.69 Å². The Hall–Kier alpha value is -1.14. The van der Waals surface area contributed by atoms with Gasteiger partial charge in [0.25, 0.3) is 5.91 Å². The van der Waals surface area contributed by atoms with E-state index in [2.05, 4.69) is 27.9 Å². The van der Waals surface area contributed by atoms with Crippen LogP contribution in [0.2, 0.25) is 0 Å². The summed E-state index contributed by atoms with van der Waals surface area (Å²) < 4.78 is 1.84. The number of carbonyl (C=O) groups is 1. The number of amides is 1. The van der Waals surface area contributed by atoms with Crippen molar-refractivity contribution in [2.75, 3.05) is 19.6 Å². The topological polar surface area (TPSA) is 71.8 Å². The molecule has 0 bridgehead atoms. The second kappa shape index (κ2) is 8.92. The Morgan fingerprint density at radius 2 is 2.20 bits per heavy atom. The molecule has 6 nitrogen and oxygen atoms in total. The third-order valence-electron chi connectivity index (χ3n) is 3.49. The summed E-state index contributed by atoms with van der Waals surface area (Å²) in [4.78, 5) is 11.9. The summed E-state index contributed by atoms with van der Waals surface area (Å²) in [6.45, 7) is 4.87. The average molecular weight is 302 g/mol. The van der Waals surface area contributed by atoms with Crippen LogP contribution in [0.3, 0.4) is 0 Å². The minimum Gasteiger partial charge on any atom is -0.351 e. The predicted molar refractivity (Wildman–Crippen MR) is 80.3 cm³/mol. The summed E-state index contributed by atoms with van der Waals surface area (Å²) in [5.74, 6) is -0.115. The van der Waals surface area contributed by atoms with Crippen molar-refractivity contribution in [1.82, 2.24) is 25.6 Å². The molecule has 0 aliphatic carbocycles. The first-order chi connectivity index (χ1) is 9.31. The van der Waals surface area contributed by atoms with Gasteiger partial charge in [-0.15, -0.1) is 17.5 Å². The van der Waals surface area contributed by atoms with Gasteiger partial charge in [0.2, 0.25) is 0 Å². The molecule has 114 valence electrons. The zero-order valence-electron chi connectivity index (χ0n) is 12.0. The summed E-state index contributed by atoms with van der Waals surface area (Å²) in [5, 5.41) is 14.3. The van der Waals surface area contributed by atoms with E-state index in [-0.39, 0.29) is 18.3 Å². The highest BCUT2D eigenvalue weighted by atomic mass is 35.5. The highest BCUT2D eigenvalue weighted by Crippen LogP contribution is 2.16. The molecule has 0 radical (unpaired) electrons. The molecule has 20 heavy (non-hydrogen) atoms. The van der Waals surface area contributed by atoms with E-state index in [1.807, 2.05) is 4.68 Å². The highest BCUT2D eigenvalue weighted by molar-refractivity contribution is 5.91. The SMILES string of the molecule is CCCCCNC(=O)c1cn(C2CCNCC2)nn1.Cl. The summed E-state index contributed by atoms with van der Waals surface area (Å²) in [5.41, 5.74) is 0.426. The van der Waals surface area contributed by atoms with Crippen LogP contribution in [0.1, 0.15) is 55.6 Å². The lowest BCUT2D eigenvalue weighted by Gasteiger charge is -2.22. The van der Waals surface area contributed by atoms with Crippen molar-refractivity contribution < 1.29 is 4.79 Å². The number of nitrogens with zero attached hydrogens (tertiary/aromatic N) is 3. The highest BCUT2D eigenvalue weighted by Gasteiger charge is 2.18. The fraction of sp³-hybridized carbons (Fsp3) is 0.769. The van der Waals surface area contributed by atoms with Crippen LogP contribution < -0.4 is 10.6 Å². The number of piperidine rings is 1. The molecule has 0 unspecified atom stereocenters. The number of halogens is 1. The number of hydrogen-bond donors (Lipinski definition) is 2. The van der Waals surface area contributed by atoms with Crippen LogP contribution in [0, 0.1) is 0 Å². The van der Waals surface area contributed by atoms with Crippen molar-refractivity contribution in [1.29, 1.82) is 0 Å². The molecule has 0 spiro atoms. The first-order valence-corrected chi connectivity index (χ1v) is 7.22. The maximum absolute atomic E-state index is 11.9. The first-order valence-electron chi connectivity index (χ1n) is 7.22. The second-order valence-electron chi connectivity index (χ2n) is 5.03. The molecule has 7 heteroatoms. The maximum Gasteiger partial charge on any atom is 0.273 e. The summed E-state index contributed by atoms with van der Waals surface area (Å²) in [7, 11) is 0. The standard InChI is InChI=1S/C13H23N5O.ClH/c1-2-3-4-7-15-13(19)12-10-18(17-16-12)11-5-8-14-9-6-11;/h10-11,14H,2-9H2,1H3,(H,15,19);1H. The quantitative estimate of drug-likeness (QED) is 0.782. The van der Waals surface area contributed by atoms with Crippen molar-refractivity contribution in [3.63, 3.8) is 0 Å². The van der Waals surface area contributed by atoms with Crippen molar-refractivity contribution in [3.8, 4) is 0 Å². The monoisotopic (exact) mass is 301 g/mol. The lowest BCUT2D eigenvalue weighted by molar-refractivity contribution is 0.0948. The molecule has 0 atom stereocenters. The smallest absolute Gasteiger partial charge is 0.273 e. The number of carbonyl (C=O) groups excluding carboxylic acids is 1. The molecule has 1 aromatic heterocycles. The van der Waals surface area contributed by atoms with E-state index in [9.17, 15) is 4.79 Å². The molecule has 1 amide bonds. The molecule has 0 aromatic carbocycles. The van der Waals surface area contributed by atoms with Crippen LogP contribution in [0.25, 0.3) is 0 Å². The fourth-order valence-electron chi connectivity index (χ4n) is 2.30. The molecule has 2 N–H and O–H groups in total. The number of unbranched alkanes of at least 4 members (excludes halogenated alkanes) is 2. The lowest BCUT2D eigenvalue weighted by atomic mass is 10.1. The van der Waals surface area contributed by atoms with E-state index in [0.29, 0.717) is 18.3 Å². The van der Waals surface area contributed by atoms with E-state index in [0.717, 1.165) is 45.2 Å². The molecule has 1 aromatic rings. The molecule has 1 aliphatic heterocycles. The van der Waals surface area contributed by atoms with Gasteiger partial charge in [-0.25, -0.2) is 4.68 Å². The zero-order valence-corrected chi connectivity index (χ0v) is 12.8. The molecule has 2 rings (SSSR count). The Labute approximate surface area is 126 Å². The molecule has 0 saturated carbocycles. The largest absolute Gasteiger partial charge is 0.351 e. The van der Waals surface area contributed by atoms with Gasteiger partial charge in [-0.3, -0.25) is 4.79 Å². The van der Waals surface area contributed by atoms with Crippen LogP contribution in [0.4, 0.5) is 0 Å². The van der Waals surface area contributed by atoms with Gasteiger partial charge in [0.1, 0.15) is 0 Å². The number of nitrogens with one attached hydrogen (secondary N) is 2. The van der Waals surface area contributed by atoms with Gasteiger partial charge in [-0.1, -0.05) is 25.0 Å². The van der Waals surface area contributed by atoms with E-state index in [1.54, 1.807) is 6.20 Å². The molecular formula is C13H24ClN5O. The van der Waals surface area contributed by atoms with Crippen LogP contribution in [0.5, 0.6) is 0 Å². The lowest BCUT2D eigenvalue weighted by Crippen LogP contribution is -2.29. The summed E-state index contributed by atoms with van der Waals surface area (Å²) in [6, 6.07) is 0.371. The average Bonchev–Trinajstić information content (AvgIpc) is 2.94. The first kappa shape index (κ1) is 16.9. The number of aromatic nitrogens is 3. The van der Waals surface area contributed by atoms with E-state index >= 15 is 0 Å². The van der Waals surface area contributed by atoms with E-state index in [4.69, 9.17) is 0 Å². The van der Waals surface area contributed by atoms with Gasteiger partial charge >= 0.3 is 0 Å². The van der Waals surface area contributed by atoms with Crippen molar-refractivity contribution >= 4 is 18.3 Å². The Kier molecular flexibility index (Phi) is 7.54. The Bertz CT molecular complexity index is 403. The molecule has 1 aliphatic rings. The van der Waals surface area contributed by atoms with E-state index in [1.165, 1.54) is 0 Å².